The van der Waals surface area contributed by atoms with Crippen molar-refractivity contribution in [3.8, 4) is 5.75 Å². The molecule has 1 unspecified atom stereocenters. The van der Waals surface area contributed by atoms with Gasteiger partial charge in [0.2, 0.25) is 0 Å². The van der Waals surface area contributed by atoms with Crippen molar-refractivity contribution in [3.63, 3.8) is 0 Å². The van der Waals surface area contributed by atoms with E-state index in [1.54, 1.807) is 12.1 Å². The Bertz CT molecular complexity index is 566. The smallest absolute Gasteiger partial charge is 0.313 e. The molecule has 3 nitrogen and oxygen atoms in total. The Morgan fingerprint density at radius 1 is 1.05 bits per heavy atom. The summed E-state index contributed by atoms with van der Waals surface area (Å²) < 4.78 is 0. The molecule has 0 aliphatic carbocycles. The van der Waals surface area contributed by atoms with Crippen LogP contribution in [0.2, 0.25) is 0 Å². The first-order valence-electron chi connectivity index (χ1n) is 6.81. The molecule has 1 atom stereocenters. The van der Waals surface area contributed by atoms with Crippen molar-refractivity contribution in [3.05, 3.63) is 65.7 Å². The number of carboxylic acid groups (broad SMARTS) is 1. The summed E-state index contributed by atoms with van der Waals surface area (Å²) in [6.45, 7) is 0. The fourth-order valence-electron chi connectivity index (χ4n) is 2.15. The molecule has 4 heteroatoms. The predicted molar refractivity (Wildman–Crippen MR) is 85.7 cm³/mol. The summed E-state index contributed by atoms with van der Waals surface area (Å²) >= 11 is 1.43. The maximum absolute atomic E-state index is 10.8. The van der Waals surface area contributed by atoms with Gasteiger partial charge < -0.3 is 10.2 Å². The molecule has 0 spiro atoms. The monoisotopic (exact) mass is 302 g/mol. The highest BCUT2D eigenvalue weighted by atomic mass is 32.2. The third kappa shape index (κ3) is 5.16. The molecule has 2 aromatic rings. The van der Waals surface area contributed by atoms with Gasteiger partial charge in [0.15, 0.2) is 0 Å². The normalized spacial score (nSPS) is 12.0. The summed E-state index contributed by atoms with van der Waals surface area (Å²) in [5.74, 6) is -0.493. The lowest BCUT2D eigenvalue weighted by Gasteiger charge is -2.16. The van der Waals surface area contributed by atoms with Crippen molar-refractivity contribution in [2.24, 2.45) is 0 Å². The Labute approximate surface area is 128 Å². The lowest BCUT2D eigenvalue weighted by atomic mass is 10.0. The minimum Gasteiger partial charge on any atom is -0.508 e. The molecule has 0 amide bonds. The van der Waals surface area contributed by atoms with E-state index in [0.29, 0.717) is 0 Å². The molecule has 21 heavy (non-hydrogen) atoms. The standard InChI is InChI=1S/C17H18O3S/c18-15-9-7-14(8-10-15)16(21-12-17(19)20)11-6-13-4-2-1-3-5-13/h1-5,7-10,16,18H,6,11-12H2,(H,19,20). The highest BCUT2D eigenvalue weighted by molar-refractivity contribution is 8.00. The Morgan fingerprint density at radius 2 is 1.71 bits per heavy atom. The molecule has 2 rings (SSSR count). The number of thioether (sulfide) groups is 1. The number of rotatable bonds is 7. The largest absolute Gasteiger partial charge is 0.508 e. The van der Waals surface area contributed by atoms with E-state index in [9.17, 15) is 9.90 Å². The van der Waals surface area contributed by atoms with Gasteiger partial charge in [-0.15, -0.1) is 11.8 Å². The predicted octanol–water partition coefficient (Wildman–Crippen LogP) is 3.88. The summed E-state index contributed by atoms with van der Waals surface area (Å²) in [7, 11) is 0. The third-order valence-corrected chi connectivity index (χ3v) is 4.53. The van der Waals surface area contributed by atoms with Crippen LogP contribution >= 0.6 is 11.8 Å². The van der Waals surface area contributed by atoms with E-state index in [1.165, 1.54) is 17.3 Å². The van der Waals surface area contributed by atoms with Crippen molar-refractivity contribution in [2.75, 3.05) is 5.75 Å². The van der Waals surface area contributed by atoms with Gasteiger partial charge in [0, 0.05) is 5.25 Å². The van der Waals surface area contributed by atoms with E-state index < -0.39 is 5.97 Å². The van der Waals surface area contributed by atoms with Crippen LogP contribution in [0.5, 0.6) is 5.75 Å². The first-order chi connectivity index (χ1) is 10.1. The van der Waals surface area contributed by atoms with Crippen LogP contribution in [-0.2, 0) is 11.2 Å². The molecular weight excluding hydrogens is 284 g/mol. The maximum Gasteiger partial charge on any atom is 0.313 e. The maximum atomic E-state index is 10.8. The van der Waals surface area contributed by atoms with Crippen LogP contribution in [0, 0.1) is 0 Å². The van der Waals surface area contributed by atoms with Crippen LogP contribution in [0.4, 0.5) is 0 Å². The second-order valence-electron chi connectivity index (χ2n) is 4.81. The van der Waals surface area contributed by atoms with Gasteiger partial charge in [0.25, 0.3) is 0 Å². The van der Waals surface area contributed by atoms with Crippen LogP contribution in [0.15, 0.2) is 54.6 Å². The van der Waals surface area contributed by atoms with Crippen molar-refractivity contribution in [2.45, 2.75) is 18.1 Å². The molecule has 0 fully saturated rings. The summed E-state index contributed by atoms with van der Waals surface area (Å²) in [5.41, 5.74) is 2.30. The molecular formula is C17H18O3S. The summed E-state index contributed by atoms with van der Waals surface area (Å²) in [6.07, 6.45) is 1.77. The topological polar surface area (TPSA) is 57.5 Å². The average Bonchev–Trinajstić information content (AvgIpc) is 2.49. The van der Waals surface area contributed by atoms with Crippen LogP contribution < -0.4 is 0 Å². The second-order valence-corrected chi connectivity index (χ2v) is 6.00. The number of benzene rings is 2. The number of hydrogen-bond donors (Lipinski definition) is 2. The number of phenolic OH excluding ortho intramolecular Hbond substituents is 1. The van der Waals surface area contributed by atoms with E-state index in [1.807, 2.05) is 30.3 Å². The van der Waals surface area contributed by atoms with Crippen molar-refractivity contribution in [1.29, 1.82) is 0 Å². The van der Waals surface area contributed by atoms with Crippen LogP contribution in [0.3, 0.4) is 0 Å². The Kier molecular flexibility index (Phi) is 5.69. The zero-order chi connectivity index (χ0) is 15.1. The first kappa shape index (κ1) is 15.4. The number of aromatic hydroxyl groups is 1. The molecule has 2 N–H and O–H groups in total. The molecule has 0 radical (unpaired) electrons. The highest BCUT2D eigenvalue weighted by Crippen LogP contribution is 2.33. The quantitative estimate of drug-likeness (QED) is 0.815. The molecule has 0 saturated carbocycles. The van der Waals surface area contributed by atoms with Gasteiger partial charge in [-0.2, -0.15) is 0 Å². The number of aliphatic carboxylic acids is 1. The van der Waals surface area contributed by atoms with Crippen molar-refractivity contribution >= 4 is 17.7 Å². The van der Waals surface area contributed by atoms with E-state index in [2.05, 4.69) is 12.1 Å². The molecule has 0 saturated heterocycles. The second kappa shape index (κ2) is 7.74. The van der Waals surface area contributed by atoms with Crippen LogP contribution in [0.1, 0.15) is 22.8 Å². The van der Waals surface area contributed by atoms with Crippen LogP contribution in [-0.4, -0.2) is 21.9 Å². The molecule has 0 bridgehead atoms. The highest BCUT2D eigenvalue weighted by Gasteiger charge is 2.14. The number of phenols is 1. The Balaban J connectivity index is 2.04. The number of carboxylic acids is 1. The molecule has 0 heterocycles. The van der Waals surface area contributed by atoms with Crippen molar-refractivity contribution < 1.29 is 15.0 Å². The number of aryl methyl sites for hydroxylation is 1. The molecule has 2 aromatic carbocycles. The fourth-order valence-corrected chi connectivity index (χ4v) is 3.13. The van der Waals surface area contributed by atoms with Gasteiger partial charge in [0.1, 0.15) is 5.75 Å². The zero-order valence-corrected chi connectivity index (χ0v) is 12.4. The van der Waals surface area contributed by atoms with Crippen molar-refractivity contribution in [1.82, 2.24) is 0 Å². The van der Waals surface area contributed by atoms with Gasteiger partial charge in [-0.1, -0.05) is 42.5 Å². The number of carbonyl (C=O) groups is 1. The van der Waals surface area contributed by atoms with E-state index in [-0.39, 0.29) is 16.8 Å². The van der Waals surface area contributed by atoms with Gasteiger partial charge in [-0.3, -0.25) is 4.79 Å². The first-order valence-corrected chi connectivity index (χ1v) is 7.86. The Morgan fingerprint density at radius 3 is 2.33 bits per heavy atom. The van der Waals surface area contributed by atoms with Gasteiger partial charge in [0.05, 0.1) is 5.75 Å². The zero-order valence-electron chi connectivity index (χ0n) is 11.6. The average molecular weight is 302 g/mol. The lowest BCUT2D eigenvalue weighted by molar-refractivity contribution is -0.133. The SMILES string of the molecule is O=C(O)CSC(CCc1ccccc1)c1ccc(O)cc1. The van der Waals surface area contributed by atoms with Gasteiger partial charge >= 0.3 is 5.97 Å². The van der Waals surface area contributed by atoms with Gasteiger partial charge in [-0.05, 0) is 36.1 Å². The fraction of sp³-hybridized carbons (Fsp3) is 0.235. The molecule has 110 valence electrons. The molecule has 0 aliphatic heterocycles. The lowest BCUT2D eigenvalue weighted by Crippen LogP contribution is -2.04. The summed E-state index contributed by atoms with van der Waals surface area (Å²) in [5, 5.41) is 18.4. The number of hydrogen-bond acceptors (Lipinski definition) is 3. The minimum absolute atomic E-state index is 0.0837. The minimum atomic E-state index is -0.802. The molecule has 0 aromatic heterocycles. The van der Waals surface area contributed by atoms with E-state index >= 15 is 0 Å². The van der Waals surface area contributed by atoms with E-state index in [4.69, 9.17) is 5.11 Å². The summed E-state index contributed by atoms with van der Waals surface area (Å²) in [6, 6.07) is 17.2. The molecule has 0 aliphatic rings. The third-order valence-electron chi connectivity index (χ3n) is 3.21. The van der Waals surface area contributed by atoms with Crippen LogP contribution in [0.25, 0.3) is 0 Å². The van der Waals surface area contributed by atoms with E-state index in [0.717, 1.165) is 18.4 Å². The Hall–Kier alpha value is -1.94. The summed E-state index contributed by atoms with van der Waals surface area (Å²) in [4.78, 5) is 10.8. The van der Waals surface area contributed by atoms with Gasteiger partial charge in [-0.25, -0.2) is 0 Å².